The summed E-state index contributed by atoms with van der Waals surface area (Å²) >= 11 is 0. The molecule has 0 amide bonds. The van der Waals surface area contributed by atoms with E-state index >= 15 is 0 Å². The molecule has 1 aliphatic heterocycles. The lowest BCUT2D eigenvalue weighted by molar-refractivity contribution is 0.472. The van der Waals surface area contributed by atoms with E-state index in [4.69, 9.17) is 5.10 Å². The molecule has 4 heterocycles. The van der Waals surface area contributed by atoms with Gasteiger partial charge >= 0.3 is 0 Å². The fourth-order valence-electron chi connectivity index (χ4n) is 3.95. The maximum absolute atomic E-state index is 4.82. The molecule has 0 fully saturated rings. The van der Waals surface area contributed by atoms with E-state index in [1.807, 2.05) is 12.4 Å². The van der Waals surface area contributed by atoms with Gasteiger partial charge in [-0.05, 0) is 38.3 Å². The predicted molar refractivity (Wildman–Crippen MR) is 92.9 cm³/mol. The lowest BCUT2D eigenvalue weighted by Crippen LogP contribution is -2.20. The van der Waals surface area contributed by atoms with E-state index in [9.17, 15) is 0 Å². The molecule has 1 unspecified atom stereocenters. The van der Waals surface area contributed by atoms with E-state index < -0.39 is 0 Å². The van der Waals surface area contributed by atoms with Crippen LogP contribution in [0, 0.1) is 0 Å². The summed E-state index contributed by atoms with van der Waals surface area (Å²) in [4.78, 5) is 13.8. The first-order valence-electron chi connectivity index (χ1n) is 9.00. The fourth-order valence-corrected chi connectivity index (χ4v) is 3.95. The van der Waals surface area contributed by atoms with E-state index in [0.29, 0.717) is 0 Å². The molecule has 25 heavy (non-hydrogen) atoms. The van der Waals surface area contributed by atoms with Crippen molar-refractivity contribution in [3.8, 4) is 11.5 Å². The number of hydrogen-bond donors (Lipinski definition) is 1. The van der Waals surface area contributed by atoms with Gasteiger partial charge in [0.25, 0.3) is 0 Å². The highest BCUT2D eigenvalue weighted by atomic mass is 15.3. The number of rotatable bonds is 2. The Morgan fingerprint density at radius 3 is 3.04 bits per heavy atom. The molecule has 3 aromatic heterocycles. The Kier molecular flexibility index (Phi) is 3.59. The maximum Gasteiger partial charge on any atom is 0.161 e. The van der Waals surface area contributed by atoms with Crippen molar-refractivity contribution in [2.75, 3.05) is 6.54 Å². The predicted octanol–water partition coefficient (Wildman–Crippen LogP) is 1.96. The summed E-state index contributed by atoms with van der Waals surface area (Å²) in [6, 6.07) is 2.35. The highest BCUT2D eigenvalue weighted by molar-refractivity contribution is 5.51. The Bertz CT molecular complexity index is 871. The fraction of sp³-hybridized carbons (Fsp3) is 0.444. The quantitative estimate of drug-likeness (QED) is 0.775. The third-order valence-electron chi connectivity index (χ3n) is 5.14. The summed E-state index contributed by atoms with van der Waals surface area (Å²) in [6.07, 6.45) is 11.8. The molecule has 5 rings (SSSR count). The Balaban J connectivity index is 1.55. The summed E-state index contributed by atoms with van der Waals surface area (Å²) < 4.78 is 4.34. The van der Waals surface area contributed by atoms with Gasteiger partial charge in [-0.2, -0.15) is 5.10 Å². The molecular weight excluding hydrogens is 314 g/mol. The normalized spacial score (nSPS) is 19.9. The molecule has 0 aromatic carbocycles. The molecule has 1 atom stereocenters. The lowest BCUT2D eigenvalue weighted by atomic mass is 9.95. The van der Waals surface area contributed by atoms with Gasteiger partial charge in [0.1, 0.15) is 5.69 Å². The molecule has 1 aliphatic carbocycles. The van der Waals surface area contributed by atoms with Crippen molar-refractivity contribution in [2.24, 2.45) is 0 Å². The van der Waals surface area contributed by atoms with Gasteiger partial charge in [-0.25, -0.2) is 4.98 Å². The first-order valence-corrected chi connectivity index (χ1v) is 9.00. The average Bonchev–Trinajstić information content (AvgIpc) is 3.23. The van der Waals surface area contributed by atoms with Gasteiger partial charge in [-0.1, -0.05) is 0 Å². The number of aromatic nitrogens is 6. The molecule has 3 aromatic rings. The minimum atomic E-state index is 0.189. The van der Waals surface area contributed by atoms with Gasteiger partial charge in [0, 0.05) is 37.9 Å². The highest BCUT2D eigenvalue weighted by Gasteiger charge is 2.27. The second-order valence-corrected chi connectivity index (χ2v) is 6.73. The third kappa shape index (κ3) is 2.55. The molecule has 0 radical (unpaired) electrons. The van der Waals surface area contributed by atoms with Crippen LogP contribution in [-0.4, -0.2) is 35.8 Å². The Morgan fingerprint density at radius 2 is 2.04 bits per heavy atom. The van der Waals surface area contributed by atoms with Crippen molar-refractivity contribution in [1.29, 1.82) is 0 Å². The zero-order valence-electron chi connectivity index (χ0n) is 14.1. The first kappa shape index (κ1) is 14.8. The highest BCUT2D eigenvalue weighted by Crippen LogP contribution is 2.33. The molecule has 0 saturated heterocycles. The minimum Gasteiger partial charge on any atom is -0.320 e. The van der Waals surface area contributed by atoms with Crippen LogP contribution in [0.2, 0.25) is 0 Å². The monoisotopic (exact) mass is 335 g/mol. The van der Waals surface area contributed by atoms with Crippen LogP contribution in [0.1, 0.15) is 42.4 Å². The van der Waals surface area contributed by atoms with E-state index in [-0.39, 0.29) is 6.04 Å². The Labute approximate surface area is 146 Å². The number of nitrogens with zero attached hydrogens (tertiary/aromatic N) is 6. The zero-order valence-corrected chi connectivity index (χ0v) is 14.1. The summed E-state index contributed by atoms with van der Waals surface area (Å²) in [5.74, 6) is 0.920. The smallest absolute Gasteiger partial charge is 0.161 e. The molecular formula is C18H21N7. The van der Waals surface area contributed by atoms with Crippen molar-refractivity contribution in [3.63, 3.8) is 0 Å². The first-order chi connectivity index (χ1) is 12.4. The van der Waals surface area contributed by atoms with Crippen LogP contribution >= 0.6 is 0 Å². The van der Waals surface area contributed by atoms with Crippen LogP contribution in [0.25, 0.3) is 11.5 Å². The van der Waals surface area contributed by atoms with Crippen molar-refractivity contribution in [2.45, 2.75) is 44.8 Å². The second-order valence-electron chi connectivity index (χ2n) is 6.73. The number of nitrogens with one attached hydrogen (secondary N) is 1. The number of hydrogen-bond acceptors (Lipinski definition) is 5. The molecule has 7 heteroatoms. The summed E-state index contributed by atoms with van der Waals surface area (Å²) in [6.45, 7) is 2.87. The number of imidazole rings is 1. The number of fused-ring (bicyclic) bond motifs is 2. The second kappa shape index (κ2) is 6.07. The van der Waals surface area contributed by atoms with E-state index in [1.165, 1.54) is 5.69 Å². The summed E-state index contributed by atoms with van der Waals surface area (Å²) in [5.41, 5.74) is 4.37. The Morgan fingerprint density at radius 1 is 1.08 bits per heavy atom. The summed E-state index contributed by atoms with van der Waals surface area (Å²) in [5, 5.41) is 8.27. The molecule has 128 valence electrons. The van der Waals surface area contributed by atoms with Crippen molar-refractivity contribution >= 4 is 0 Å². The van der Waals surface area contributed by atoms with Crippen LogP contribution < -0.4 is 5.32 Å². The van der Waals surface area contributed by atoms with E-state index in [2.05, 4.69) is 35.6 Å². The zero-order chi connectivity index (χ0) is 16.6. The third-order valence-corrected chi connectivity index (χ3v) is 5.14. The van der Waals surface area contributed by atoms with Gasteiger partial charge in [0.2, 0.25) is 0 Å². The van der Waals surface area contributed by atoms with Gasteiger partial charge in [0.05, 0.1) is 23.1 Å². The minimum absolute atomic E-state index is 0.189. The van der Waals surface area contributed by atoms with E-state index in [1.54, 1.807) is 12.4 Å². The maximum atomic E-state index is 4.82. The topological polar surface area (TPSA) is 73.5 Å². The van der Waals surface area contributed by atoms with E-state index in [0.717, 1.165) is 68.2 Å². The molecule has 1 N–H and O–H groups in total. The lowest BCUT2D eigenvalue weighted by Gasteiger charge is -2.25. The van der Waals surface area contributed by atoms with Crippen LogP contribution in [0.15, 0.2) is 30.9 Å². The average molecular weight is 335 g/mol. The molecule has 0 bridgehead atoms. The summed E-state index contributed by atoms with van der Waals surface area (Å²) in [7, 11) is 0. The van der Waals surface area contributed by atoms with Crippen molar-refractivity contribution in [3.05, 3.63) is 47.9 Å². The Hall–Kier alpha value is -2.54. The van der Waals surface area contributed by atoms with Crippen LogP contribution in [-0.2, 0) is 19.5 Å². The van der Waals surface area contributed by atoms with Crippen LogP contribution in [0.5, 0.6) is 0 Å². The standard InChI is InChI=1S/C18H21N7/c1-3-14-17(21-7-6-20-14)16(4-1)24-10-8-22-18(24)15-11-13-12-19-5-2-9-25(13)23-15/h6-8,10-11,16,19H,1-5,9,12H2. The van der Waals surface area contributed by atoms with Gasteiger partial charge in [-0.3, -0.25) is 14.6 Å². The van der Waals surface area contributed by atoms with Crippen molar-refractivity contribution in [1.82, 2.24) is 34.6 Å². The molecule has 2 aliphatic rings. The van der Waals surface area contributed by atoms with Crippen molar-refractivity contribution < 1.29 is 0 Å². The number of aryl methyl sites for hydroxylation is 2. The van der Waals surface area contributed by atoms with Gasteiger partial charge < -0.3 is 9.88 Å². The SMILES string of the molecule is c1cnc2c(n1)CCCC2n1ccnc1-c1cc2n(n1)CCCNC2. The van der Waals surface area contributed by atoms with Gasteiger partial charge in [0.15, 0.2) is 5.82 Å². The van der Waals surface area contributed by atoms with Gasteiger partial charge in [-0.15, -0.1) is 0 Å². The van der Waals surface area contributed by atoms with Crippen LogP contribution in [0.4, 0.5) is 0 Å². The van der Waals surface area contributed by atoms with Crippen LogP contribution in [0.3, 0.4) is 0 Å². The largest absolute Gasteiger partial charge is 0.320 e. The molecule has 7 nitrogen and oxygen atoms in total. The molecule has 0 spiro atoms. The molecule has 0 saturated carbocycles.